The zero-order chi connectivity index (χ0) is 17.3. The highest BCUT2D eigenvalue weighted by Crippen LogP contribution is 2.25. The van der Waals surface area contributed by atoms with Crippen molar-refractivity contribution in [3.05, 3.63) is 40.4 Å². The molecule has 2 aromatic rings. The zero-order valence-corrected chi connectivity index (χ0v) is 14.8. The number of hydrogen-bond donors (Lipinski definition) is 1. The van der Waals surface area contributed by atoms with Crippen LogP contribution < -0.4 is 10.2 Å². The predicted octanol–water partition coefficient (Wildman–Crippen LogP) is 2.29. The first-order valence-corrected chi connectivity index (χ1v) is 8.62. The van der Waals surface area contributed by atoms with E-state index in [1.54, 1.807) is 16.8 Å². The van der Waals surface area contributed by atoms with Gasteiger partial charge in [-0.25, -0.2) is 4.98 Å². The number of carbonyl (C=O) groups excluding carboxylic acids is 2. The van der Waals surface area contributed by atoms with Crippen molar-refractivity contribution in [1.29, 1.82) is 0 Å². The second-order valence-electron chi connectivity index (χ2n) is 5.79. The summed E-state index contributed by atoms with van der Waals surface area (Å²) in [6.45, 7) is 4.95. The molecule has 0 atom stereocenters. The van der Waals surface area contributed by atoms with Gasteiger partial charge < -0.3 is 15.1 Å². The molecule has 0 radical (unpaired) electrons. The minimum Gasteiger partial charge on any atom is -0.365 e. The number of hydrogen-bond acceptors (Lipinski definition) is 5. The summed E-state index contributed by atoms with van der Waals surface area (Å²) in [5.74, 6) is -0.183. The van der Waals surface area contributed by atoms with Crippen molar-refractivity contribution in [2.45, 2.75) is 13.8 Å². The number of nitrogens with zero attached hydrogens (tertiary/aromatic N) is 3. The summed E-state index contributed by atoms with van der Waals surface area (Å²) in [6.07, 6.45) is 0. The Hall–Kier alpha value is -2.41. The van der Waals surface area contributed by atoms with E-state index in [0.29, 0.717) is 28.8 Å². The largest absolute Gasteiger partial charge is 0.365 e. The van der Waals surface area contributed by atoms with Crippen molar-refractivity contribution >= 4 is 34.0 Å². The number of benzene rings is 1. The lowest BCUT2D eigenvalue weighted by Gasteiger charge is -2.34. The number of anilines is 2. The van der Waals surface area contributed by atoms with E-state index in [4.69, 9.17) is 0 Å². The fourth-order valence-corrected chi connectivity index (χ4v) is 3.58. The normalized spacial score (nSPS) is 14.9. The fraction of sp³-hybridized carbons (Fsp3) is 0.353. The Labute approximate surface area is 145 Å². The average Bonchev–Trinajstić information content (AvgIpc) is 2.96. The van der Waals surface area contributed by atoms with Crippen LogP contribution in [-0.4, -0.2) is 48.4 Å². The molecule has 1 aliphatic heterocycles. The van der Waals surface area contributed by atoms with Crippen molar-refractivity contribution in [3.63, 3.8) is 0 Å². The van der Waals surface area contributed by atoms with Crippen LogP contribution in [0.4, 0.5) is 10.8 Å². The van der Waals surface area contributed by atoms with Crippen molar-refractivity contribution in [3.8, 4) is 0 Å². The smallest absolute Gasteiger partial charge is 0.266 e. The molecule has 126 valence electrons. The van der Waals surface area contributed by atoms with Crippen LogP contribution in [0.1, 0.15) is 20.9 Å². The third-order valence-corrected chi connectivity index (χ3v) is 5.22. The number of carbonyl (C=O) groups is 2. The Bertz CT molecular complexity index is 769. The molecule has 0 bridgehead atoms. The molecule has 0 aliphatic carbocycles. The van der Waals surface area contributed by atoms with E-state index in [1.807, 2.05) is 38.1 Å². The minimum atomic E-state index is -0.122. The van der Waals surface area contributed by atoms with Gasteiger partial charge in [0.1, 0.15) is 11.4 Å². The van der Waals surface area contributed by atoms with E-state index < -0.39 is 0 Å². The molecule has 7 heteroatoms. The van der Waals surface area contributed by atoms with E-state index in [1.165, 1.54) is 11.3 Å². The number of thiazole rings is 1. The van der Waals surface area contributed by atoms with Crippen LogP contribution in [0.25, 0.3) is 0 Å². The Balaban J connectivity index is 1.73. The van der Waals surface area contributed by atoms with Gasteiger partial charge >= 0.3 is 0 Å². The molecule has 1 saturated heterocycles. The molecule has 1 aromatic heterocycles. The SMILES string of the molecule is CNc1nc(C)c(C(=O)N2CCN(c3ccc(C)cc3)C(=O)C2)s1. The lowest BCUT2D eigenvalue weighted by atomic mass is 10.2. The van der Waals surface area contributed by atoms with Crippen LogP contribution in [0.15, 0.2) is 24.3 Å². The van der Waals surface area contributed by atoms with Gasteiger partial charge in [0.2, 0.25) is 5.91 Å². The van der Waals surface area contributed by atoms with Crippen molar-refractivity contribution in [2.24, 2.45) is 0 Å². The highest BCUT2D eigenvalue weighted by molar-refractivity contribution is 7.17. The summed E-state index contributed by atoms with van der Waals surface area (Å²) in [7, 11) is 1.77. The van der Waals surface area contributed by atoms with Crippen molar-refractivity contribution < 1.29 is 9.59 Å². The molecular formula is C17H20N4O2S. The van der Waals surface area contributed by atoms with Gasteiger partial charge in [0.25, 0.3) is 5.91 Å². The van der Waals surface area contributed by atoms with Gasteiger partial charge in [-0.2, -0.15) is 0 Å². The van der Waals surface area contributed by atoms with E-state index in [-0.39, 0.29) is 18.4 Å². The predicted molar refractivity (Wildman–Crippen MR) is 95.8 cm³/mol. The van der Waals surface area contributed by atoms with Crippen molar-refractivity contribution in [1.82, 2.24) is 9.88 Å². The summed E-state index contributed by atoms with van der Waals surface area (Å²) in [6, 6.07) is 7.86. The lowest BCUT2D eigenvalue weighted by Crippen LogP contribution is -2.52. The van der Waals surface area contributed by atoms with Gasteiger partial charge in [-0.3, -0.25) is 9.59 Å². The van der Waals surface area contributed by atoms with Crippen LogP contribution >= 0.6 is 11.3 Å². The third-order valence-electron chi connectivity index (χ3n) is 4.06. The van der Waals surface area contributed by atoms with Crippen LogP contribution in [0.5, 0.6) is 0 Å². The van der Waals surface area contributed by atoms with Gasteiger partial charge in [-0.05, 0) is 26.0 Å². The number of piperazine rings is 1. The van der Waals surface area contributed by atoms with Crippen LogP contribution in [0, 0.1) is 13.8 Å². The Morgan fingerprint density at radius 2 is 1.92 bits per heavy atom. The molecule has 0 unspecified atom stereocenters. The molecule has 0 saturated carbocycles. The number of rotatable bonds is 3. The van der Waals surface area contributed by atoms with E-state index in [9.17, 15) is 9.59 Å². The first-order valence-electron chi connectivity index (χ1n) is 7.81. The topological polar surface area (TPSA) is 65.5 Å². The molecule has 1 aliphatic rings. The second-order valence-corrected chi connectivity index (χ2v) is 6.79. The average molecular weight is 344 g/mol. The van der Waals surface area contributed by atoms with Gasteiger partial charge in [-0.15, -0.1) is 0 Å². The molecule has 24 heavy (non-hydrogen) atoms. The molecule has 1 N–H and O–H groups in total. The number of aromatic nitrogens is 1. The molecule has 2 heterocycles. The summed E-state index contributed by atoms with van der Waals surface area (Å²) in [5, 5.41) is 3.66. The Morgan fingerprint density at radius 1 is 1.21 bits per heavy atom. The highest BCUT2D eigenvalue weighted by atomic mass is 32.1. The van der Waals surface area contributed by atoms with Crippen LogP contribution in [0.2, 0.25) is 0 Å². The fourth-order valence-electron chi connectivity index (χ4n) is 2.69. The summed E-state index contributed by atoms with van der Waals surface area (Å²) >= 11 is 1.32. The zero-order valence-electron chi connectivity index (χ0n) is 14.0. The standard InChI is InChI=1S/C17H20N4O2S/c1-11-4-6-13(7-5-11)21-9-8-20(10-14(21)22)16(23)15-12(2)19-17(18-3)24-15/h4-7H,8-10H2,1-3H3,(H,18,19). The van der Waals surface area contributed by atoms with Gasteiger partial charge in [-0.1, -0.05) is 29.0 Å². The molecule has 6 nitrogen and oxygen atoms in total. The highest BCUT2D eigenvalue weighted by Gasteiger charge is 2.30. The molecular weight excluding hydrogens is 324 g/mol. The van der Waals surface area contributed by atoms with E-state index in [2.05, 4.69) is 10.3 Å². The molecule has 2 amide bonds. The quantitative estimate of drug-likeness (QED) is 0.928. The number of nitrogens with one attached hydrogen (secondary N) is 1. The van der Waals surface area contributed by atoms with Crippen molar-refractivity contribution in [2.75, 3.05) is 36.9 Å². The number of amides is 2. The van der Waals surface area contributed by atoms with E-state index in [0.717, 1.165) is 11.3 Å². The van der Waals surface area contributed by atoms with Crippen LogP contribution in [0.3, 0.4) is 0 Å². The van der Waals surface area contributed by atoms with Gasteiger partial charge in [0.05, 0.1) is 5.69 Å². The first kappa shape index (κ1) is 16.4. The molecule has 1 aromatic carbocycles. The first-order chi connectivity index (χ1) is 11.5. The molecule has 3 rings (SSSR count). The molecule has 1 fully saturated rings. The Morgan fingerprint density at radius 3 is 2.50 bits per heavy atom. The summed E-state index contributed by atoms with van der Waals surface area (Å²) < 4.78 is 0. The monoisotopic (exact) mass is 344 g/mol. The van der Waals surface area contributed by atoms with Gasteiger partial charge in [0, 0.05) is 25.8 Å². The summed E-state index contributed by atoms with van der Waals surface area (Å²) in [5.41, 5.74) is 2.73. The Kier molecular flexibility index (Phi) is 4.53. The third kappa shape index (κ3) is 3.12. The lowest BCUT2D eigenvalue weighted by molar-refractivity contribution is -0.120. The summed E-state index contributed by atoms with van der Waals surface area (Å²) in [4.78, 5) is 33.4. The maximum absolute atomic E-state index is 12.7. The van der Waals surface area contributed by atoms with Crippen LogP contribution in [-0.2, 0) is 4.79 Å². The maximum Gasteiger partial charge on any atom is 0.266 e. The molecule has 0 spiro atoms. The maximum atomic E-state index is 12.7. The number of aryl methyl sites for hydroxylation is 2. The minimum absolute atomic E-state index is 0.0607. The second kappa shape index (κ2) is 6.60. The van der Waals surface area contributed by atoms with Gasteiger partial charge in [0.15, 0.2) is 5.13 Å². The van der Waals surface area contributed by atoms with E-state index >= 15 is 0 Å².